The van der Waals surface area contributed by atoms with Crippen molar-refractivity contribution in [1.82, 2.24) is 0 Å². The van der Waals surface area contributed by atoms with Crippen molar-refractivity contribution < 1.29 is 4.74 Å². The lowest BCUT2D eigenvalue weighted by molar-refractivity contribution is 0.281. The molecular formula is C17H27NOS. The van der Waals surface area contributed by atoms with Gasteiger partial charge >= 0.3 is 0 Å². The molecule has 0 bridgehead atoms. The minimum Gasteiger partial charge on any atom is -0.493 e. The van der Waals surface area contributed by atoms with Crippen LogP contribution in [0.2, 0.25) is 0 Å². The lowest BCUT2D eigenvalue weighted by atomic mass is 9.86. The molecule has 0 saturated heterocycles. The fraction of sp³-hybridized carbons (Fsp3) is 0.588. The Morgan fingerprint density at radius 3 is 2.30 bits per heavy atom. The van der Waals surface area contributed by atoms with E-state index in [1.165, 1.54) is 5.56 Å². The van der Waals surface area contributed by atoms with Crippen molar-refractivity contribution in [2.45, 2.75) is 52.9 Å². The van der Waals surface area contributed by atoms with Gasteiger partial charge in [0.15, 0.2) is 0 Å². The lowest BCUT2D eigenvalue weighted by Gasteiger charge is -2.24. The zero-order valence-corrected chi connectivity index (χ0v) is 14.1. The van der Waals surface area contributed by atoms with E-state index in [2.05, 4.69) is 46.8 Å². The zero-order valence-electron chi connectivity index (χ0n) is 13.3. The van der Waals surface area contributed by atoms with Crippen LogP contribution in [0.15, 0.2) is 24.3 Å². The first kappa shape index (κ1) is 17.0. The molecule has 112 valence electrons. The third-order valence-corrected chi connectivity index (χ3v) is 4.12. The summed E-state index contributed by atoms with van der Waals surface area (Å²) < 4.78 is 5.95. The first-order valence-electron chi connectivity index (χ1n) is 7.17. The summed E-state index contributed by atoms with van der Waals surface area (Å²) in [5.74, 6) is 0.980. The van der Waals surface area contributed by atoms with Crippen LogP contribution in [-0.4, -0.2) is 11.6 Å². The molecule has 0 unspecified atom stereocenters. The minimum absolute atomic E-state index is 0.0920. The molecule has 0 fully saturated rings. The normalized spacial score (nSPS) is 12.2. The highest BCUT2D eigenvalue weighted by Gasteiger charge is 2.21. The monoisotopic (exact) mass is 293 g/mol. The summed E-state index contributed by atoms with van der Waals surface area (Å²) in [6, 6.07) is 8.25. The van der Waals surface area contributed by atoms with Crippen LogP contribution in [0.3, 0.4) is 0 Å². The topological polar surface area (TPSA) is 35.2 Å². The number of benzene rings is 1. The van der Waals surface area contributed by atoms with Crippen LogP contribution >= 0.6 is 12.2 Å². The van der Waals surface area contributed by atoms with Gasteiger partial charge in [0.2, 0.25) is 0 Å². The van der Waals surface area contributed by atoms with Crippen molar-refractivity contribution in [2.75, 3.05) is 6.61 Å². The number of hydrogen-bond acceptors (Lipinski definition) is 2. The first-order chi connectivity index (χ1) is 9.14. The van der Waals surface area contributed by atoms with Crippen LogP contribution in [0.1, 0.15) is 53.0 Å². The fourth-order valence-electron chi connectivity index (χ4n) is 2.03. The van der Waals surface area contributed by atoms with Crippen LogP contribution in [0.4, 0.5) is 0 Å². The van der Waals surface area contributed by atoms with Crippen molar-refractivity contribution in [3.63, 3.8) is 0 Å². The van der Waals surface area contributed by atoms with E-state index in [4.69, 9.17) is 22.7 Å². The van der Waals surface area contributed by atoms with E-state index in [1.54, 1.807) is 0 Å². The average molecular weight is 293 g/mol. The predicted molar refractivity (Wildman–Crippen MR) is 90.4 cm³/mol. The molecule has 0 atom stereocenters. The number of rotatable bonds is 6. The number of ether oxygens (including phenoxy) is 1. The van der Waals surface area contributed by atoms with Crippen molar-refractivity contribution in [3.8, 4) is 5.75 Å². The second-order valence-corrected chi connectivity index (χ2v) is 7.39. The largest absolute Gasteiger partial charge is 0.493 e. The van der Waals surface area contributed by atoms with Crippen molar-refractivity contribution in [2.24, 2.45) is 11.1 Å². The van der Waals surface area contributed by atoms with Crippen LogP contribution in [0.25, 0.3) is 0 Å². The summed E-state index contributed by atoms with van der Waals surface area (Å²) in [6.45, 7) is 11.5. The SMILES string of the molecule is CC(C)(CCCOc1ccccc1C(C)(C)C)C(N)=S. The predicted octanol–water partition coefficient (Wildman–Crippen LogP) is 4.46. The summed E-state index contributed by atoms with van der Waals surface area (Å²) >= 11 is 5.08. The van der Waals surface area contributed by atoms with Gasteiger partial charge < -0.3 is 10.5 Å². The molecule has 0 radical (unpaired) electrons. The Bertz CT molecular complexity index is 460. The standard InChI is InChI=1S/C17H27NOS/c1-16(2,3)13-9-6-7-10-14(13)19-12-8-11-17(4,5)15(18)20/h6-7,9-10H,8,11-12H2,1-5H3,(H2,18,20). The van der Waals surface area contributed by atoms with E-state index in [0.717, 1.165) is 18.6 Å². The molecule has 0 amide bonds. The molecule has 0 aromatic heterocycles. The van der Waals surface area contributed by atoms with Gasteiger partial charge in [0, 0.05) is 5.41 Å². The van der Waals surface area contributed by atoms with Gasteiger partial charge in [-0.3, -0.25) is 0 Å². The quantitative estimate of drug-likeness (QED) is 0.621. The molecular weight excluding hydrogens is 266 g/mol. The van der Waals surface area contributed by atoms with Gasteiger partial charge in [0.05, 0.1) is 11.6 Å². The van der Waals surface area contributed by atoms with Crippen molar-refractivity contribution in [1.29, 1.82) is 0 Å². The molecule has 0 aliphatic rings. The van der Waals surface area contributed by atoms with E-state index in [9.17, 15) is 0 Å². The maximum Gasteiger partial charge on any atom is 0.123 e. The van der Waals surface area contributed by atoms with E-state index >= 15 is 0 Å². The fourth-order valence-corrected chi connectivity index (χ4v) is 2.13. The zero-order chi connectivity index (χ0) is 15.4. The Morgan fingerprint density at radius 1 is 1.15 bits per heavy atom. The molecule has 2 nitrogen and oxygen atoms in total. The highest BCUT2D eigenvalue weighted by atomic mass is 32.1. The Morgan fingerprint density at radius 2 is 1.75 bits per heavy atom. The number of nitrogens with two attached hydrogens (primary N) is 1. The molecule has 20 heavy (non-hydrogen) atoms. The van der Waals surface area contributed by atoms with Gasteiger partial charge in [-0.15, -0.1) is 0 Å². The molecule has 1 aromatic carbocycles. The van der Waals surface area contributed by atoms with Crippen LogP contribution in [-0.2, 0) is 5.41 Å². The lowest BCUT2D eigenvalue weighted by Crippen LogP contribution is -2.30. The van der Waals surface area contributed by atoms with Gasteiger partial charge in [-0.25, -0.2) is 0 Å². The number of para-hydroxylation sites is 1. The maximum atomic E-state index is 5.95. The van der Waals surface area contributed by atoms with Gasteiger partial charge in [0.25, 0.3) is 0 Å². The van der Waals surface area contributed by atoms with Crippen LogP contribution in [0.5, 0.6) is 5.75 Å². The average Bonchev–Trinajstić information content (AvgIpc) is 2.34. The second kappa shape index (κ2) is 6.57. The highest BCUT2D eigenvalue weighted by Crippen LogP contribution is 2.31. The molecule has 0 heterocycles. The molecule has 0 aliphatic carbocycles. The molecule has 0 spiro atoms. The van der Waals surface area contributed by atoms with Gasteiger partial charge in [-0.1, -0.05) is 65.0 Å². The second-order valence-electron chi connectivity index (χ2n) is 6.95. The summed E-state index contributed by atoms with van der Waals surface area (Å²) in [5, 5.41) is 0. The molecule has 1 aromatic rings. The van der Waals surface area contributed by atoms with Crippen molar-refractivity contribution >= 4 is 17.2 Å². The van der Waals surface area contributed by atoms with E-state index in [0.29, 0.717) is 11.6 Å². The van der Waals surface area contributed by atoms with Crippen LogP contribution < -0.4 is 10.5 Å². The molecule has 2 N–H and O–H groups in total. The molecule has 0 saturated carbocycles. The number of hydrogen-bond donors (Lipinski definition) is 1. The number of thiocarbonyl (C=S) groups is 1. The molecule has 0 aliphatic heterocycles. The van der Waals surface area contributed by atoms with Gasteiger partial charge in [0.1, 0.15) is 5.75 Å². The Balaban J connectivity index is 2.58. The minimum atomic E-state index is -0.0950. The third-order valence-electron chi connectivity index (χ3n) is 3.57. The Labute approximate surface area is 128 Å². The Hall–Kier alpha value is -1.09. The summed E-state index contributed by atoms with van der Waals surface area (Å²) in [7, 11) is 0. The highest BCUT2D eigenvalue weighted by molar-refractivity contribution is 7.80. The molecule has 3 heteroatoms. The van der Waals surface area contributed by atoms with E-state index in [-0.39, 0.29) is 10.8 Å². The van der Waals surface area contributed by atoms with Crippen molar-refractivity contribution in [3.05, 3.63) is 29.8 Å². The van der Waals surface area contributed by atoms with Gasteiger partial charge in [-0.05, 0) is 29.9 Å². The summed E-state index contributed by atoms with van der Waals surface area (Å²) in [4.78, 5) is 0.576. The first-order valence-corrected chi connectivity index (χ1v) is 7.57. The Kier molecular flexibility index (Phi) is 5.58. The van der Waals surface area contributed by atoms with Gasteiger partial charge in [-0.2, -0.15) is 0 Å². The van der Waals surface area contributed by atoms with Crippen LogP contribution in [0, 0.1) is 5.41 Å². The summed E-state index contributed by atoms with van der Waals surface area (Å²) in [5.41, 5.74) is 6.98. The molecule has 1 rings (SSSR count). The third kappa shape index (κ3) is 4.78. The summed E-state index contributed by atoms with van der Waals surface area (Å²) in [6.07, 6.45) is 1.89. The van der Waals surface area contributed by atoms with E-state index in [1.807, 2.05) is 12.1 Å². The van der Waals surface area contributed by atoms with E-state index < -0.39 is 0 Å². The maximum absolute atomic E-state index is 5.95. The smallest absolute Gasteiger partial charge is 0.123 e.